The van der Waals surface area contributed by atoms with Crippen molar-refractivity contribution in [2.75, 3.05) is 18.0 Å². The highest BCUT2D eigenvalue weighted by molar-refractivity contribution is 5.79. The summed E-state index contributed by atoms with van der Waals surface area (Å²) in [5.41, 5.74) is 6.61. The Labute approximate surface area is 102 Å². The van der Waals surface area contributed by atoms with Crippen molar-refractivity contribution in [2.45, 2.75) is 26.2 Å². The van der Waals surface area contributed by atoms with Crippen molar-refractivity contribution < 1.29 is 0 Å². The van der Waals surface area contributed by atoms with Crippen molar-refractivity contribution in [3.05, 3.63) is 18.1 Å². The smallest absolute Gasteiger partial charge is 0.132 e. The van der Waals surface area contributed by atoms with E-state index in [1.807, 2.05) is 6.07 Å². The lowest BCUT2D eigenvalue weighted by molar-refractivity contribution is 0.495. The number of hydrogen-bond donors (Lipinski definition) is 2. The highest BCUT2D eigenvalue weighted by Crippen LogP contribution is 2.21. The molecule has 3 N–H and O–H groups in total. The van der Waals surface area contributed by atoms with Gasteiger partial charge in [0.25, 0.3) is 0 Å². The van der Waals surface area contributed by atoms with E-state index in [1.54, 1.807) is 6.33 Å². The molecule has 0 radical (unpaired) electrons. The van der Waals surface area contributed by atoms with Crippen molar-refractivity contribution in [1.29, 1.82) is 5.41 Å². The Balaban J connectivity index is 2.02. The van der Waals surface area contributed by atoms with Crippen LogP contribution in [-0.2, 0) is 6.42 Å². The Bertz CT molecular complexity index is 396. The highest BCUT2D eigenvalue weighted by Gasteiger charge is 2.21. The van der Waals surface area contributed by atoms with Crippen LogP contribution in [0.2, 0.25) is 0 Å². The van der Waals surface area contributed by atoms with Crippen molar-refractivity contribution in [1.82, 2.24) is 9.97 Å². The molecule has 1 aliphatic rings. The third-order valence-electron chi connectivity index (χ3n) is 3.33. The molecule has 0 spiro atoms. The minimum Gasteiger partial charge on any atom is -0.387 e. The van der Waals surface area contributed by atoms with E-state index in [-0.39, 0.29) is 5.92 Å². The minimum absolute atomic E-state index is 0.249. The third kappa shape index (κ3) is 2.72. The second-order valence-electron chi connectivity index (χ2n) is 4.44. The van der Waals surface area contributed by atoms with Gasteiger partial charge in [0.2, 0.25) is 0 Å². The van der Waals surface area contributed by atoms with Crippen molar-refractivity contribution in [2.24, 2.45) is 11.7 Å². The van der Waals surface area contributed by atoms with Crippen LogP contribution in [0.1, 0.15) is 25.5 Å². The van der Waals surface area contributed by atoms with Crippen molar-refractivity contribution in [3.63, 3.8) is 0 Å². The van der Waals surface area contributed by atoms with Crippen LogP contribution in [0.4, 0.5) is 5.82 Å². The number of nitrogens with zero attached hydrogens (tertiary/aromatic N) is 3. The normalized spacial score (nSPS) is 17.1. The number of rotatable bonds is 3. The number of aromatic nitrogens is 2. The van der Waals surface area contributed by atoms with Crippen LogP contribution >= 0.6 is 0 Å². The first-order valence-corrected chi connectivity index (χ1v) is 6.10. The fourth-order valence-electron chi connectivity index (χ4n) is 2.17. The van der Waals surface area contributed by atoms with Gasteiger partial charge in [-0.05, 0) is 19.3 Å². The van der Waals surface area contributed by atoms with E-state index in [0.717, 1.165) is 43.9 Å². The van der Waals surface area contributed by atoms with E-state index in [0.29, 0.717) is 5.84 Å². The predicted molar refractivity (Wildman–Crippen MR) is 68.3 cm³/mol. The zero-order chi connectivity index (χ0) is 12.3. The van der Waals surface area contributed by atoms with Crippen LogP contribution < -0.4 is 10.6 Å². The number of nitrogens with two attached hydrogens (primary N) is 1. The summed E-state index contributed by atoms with van der Waals surface area (Å²) >= 11 is 0. The number of piperidine rings is 1. The van der Waals surface area contributed by atoms with E-state index < -0.39 is 0 Å². The lowest BCUT2D eigenvalue weighted by Gasteiger charge is -2.32. The van der Waals surface area contributed by atoms with E-state index in [2.05, 4.69) is 21.8 Å². The molecule has 0 unspecified atom stereocenters. The fourth-order valence-corrected chi connectivity index (χ4v) is 2.17. The van der Waals surface area contributed by atoms with Crippen LogP contribution in [0, 0.1) is 11.3 Å². The second kappa shape index (κ2) is 5.12. The lowest BCUT2D eigenvalue weighted by Crippen LogP contribution is -2.38. The Morgan fingerprint density at radius 3 is 2.76 bits per heavy atom. The molecule has 2 heterocycles. The Morgan fingerprint density at radius 1 is 1.47 bits per heavy atom. The molecule has 1 fully saturated rings. The van der Waals surface area contributed by atoms with Crippen LogP contribution in [0.5, 0.6) is 0 Å². The average molecular weight is 233 g/mol. The van der Waals surface area contributed by atoms with Gasteiger partial charge in [-0.1, -0.05) is 6.92 Å². The number of hydrogen-bond acceptors (Lipinski definition) is 4. The second-order valence-corrected chi connectivity index (χ2v) is 4.44. The quantitative estimate of drug-likeness (QED) is 0.607. The number of aryl methyl sites for hydroxylation is 1. The van der Waals surface area contributed by atoms with Gasteiger partial charge in [-0.2, -0.15) is 0 Å². The Kier molecular flexibility index (Phi) is 3.56. The van der Waals surface area contributed by atoms with E-state index in [4.69, 9.17) is 11.1 Å². The molecule has 0 saturated carbocycles. The summed E-state index contributed by atoms with van der Waals surface area (Å²) in [6.07, 6.45) is 4.45. The molecule has 1 aromatic heterocycles. The molecule has 0 amide bonds. The molecule has 0 bridgehead atoms. The van der Waals surface area contributed by atoms with Gasteiger partial charge in [-0.3, -0.25) is 5.41 Å². The molecule has 5 heteroatoms. The molecular formula is C12H19N5. The first kappa shape index (κ1) is 11.8. The topological polar surface area (TPSA) is 78.9 Å². The van der Waals surface area contributed by atoms with Gasteiger partial charge in [0.05, 0.1) is 5.84 Å². The summed E-state index contributed by atoms with van der Waals surface area (Å²) in [5, 5.41) is 7.46. The summed E-state index contributed by atoms with van der Waals surface area (Å²) in [4.78, 5) is 10.8. The monoisotopic (exact) mass is 233 g/mol. The number of amidine groups is 1. The molecule has 1 aliphatic heterocycles. The molecule has 0 aliphatic carbocycles. The molecule has 17 heavy (non-hydrogen) atoms. The maximum Gasteiger partial charge on any atom is 0.132 e. The van der Waals surface area contributed by atoms with E-state index in [9.17, 15) is 0 Å². The number of nitrogens with one attached hydrogen (secondary N) is 1. The van der Waals surface area contributed by atoms with Crippen LogP contribution in [0.3, 0.4) is 0 Å². The summed E-state index contributed by atoms with van der Waals surface area (Å²) < 4.78 is 0. The Morgan fingerprint density at radius 2 is 2.18 bits per heavy atom. The summed E-state index contributed by atoms with van der Waals surface area (Å²) in [5.74, 6) is 1.57. The van der Waals surface area contributed by atoms with Crippen LogP contribution in [0.25, 0.3) is 0 Å². The van der Waals surface area contributed by atoms with Crippen LogP contribution in [-0.4, -0.2) is 28.9 Å². The molecule has 2 rings (SSSR count). The molecule has 0 atom stereocenters. The zero-order valence-electron chi connectivity index (χ0n) is 10.2. The molecule has 1 aromatic rings. The zero-order valence-corrected chi connectivity index (χ0v) is 10.2. The van der Waals surface area contributed by atoms with Crippen molar-refractivity contribution >= 4 is 11.7 Å². The first-order valence-electron chi connectivity index (χ1n) is 6.10. The van der Waals surface area contributed by atoms with E-state index in [1.165, 1.54) is 0 Å². The van der Waals surface area contributed by atoms with Gasteiger partial charge < -0.3 is 10.6 Å². The van der Waals surface area contributed by atoms with Gasteiger partial charge in [-0.15, -0.1) is 0 Å². The SMILES string of the molecule is CCc1cc(N2CCC(C(=N)N)CC2)ncn1. The van der Waals surface area contributed by atoms with Crippen LogP contribution in [0.15, 0.2) is 12.4 Å². The summed E-state index contributed by atoms with van der Waals surface area (Å²) in [6, 6.07) is 2.05. The van der Waals surface area contributed by atoms with Gasteiger partial charge in [0.1, 0.15) is 12.1 Å². The molecule has 92 valence electrons. The van der Waals surface area contributed by atoms with Gasteiger partial charge >= 0.3 is 0 Å². The maximum atomic E-state index is 7.46. The summed E-state index contributed by atoms with van der Waals surface area (Å²) in [6.45, 7) is 3.93. The van der Waals surface area contributed by atoms with Crippen molar-refractivity contribution in [3.8, 4) is 0 Å². The molecule has 0 aromatic carbocycles. The standard InChI is InChI=1S/C12H19N5/c1-2-10-7-11(16-8-15-10)17-5-3-9(4-6-17)12(13)14/h7-9H,2-6H2,1H3,(H3,13,14). The Hall–Kier alpha value is -1.65. The highest BCUT2D eigenvalue weighted by atomic mass is 15.2. The van der Waals surface area contributed by atoms with E-state index >= 15 is 0 Å². The minimum atomic E-state index is 0.249. The fraction of sp³-hybridized carbons (Fsp3) is 0.583. The van der Waals surface area contributed by atoms with Gasteiger partial charge in [0.15, 0.2) is 0 Å². The molecular weight excluding hydrogens is 214 g/mol. The maximum absolute atomic E-state index is 7.46. The first-order chi connectivity index (χ1) is 8.20. The van der Waals surface area contributed by atoms with Gasteiger partial charge in [0, 0.05) is 30.8 Å². The molecule has 5 nitrogen and oxygen atoms in total. The van der Waals surface area contributed by atoms with Gasteiger partial charge in [-0.25, -0.2) is 9.97 Å². The largest absolute Gasteiger partial charge is 0.387 e. The third-order valence-corrected chi connectivity index (χ3v) is 3.33. The lowest BCUT2D eigenvalue weighted by atomic mass is 9.96. The predicted octanol–water partition coefficient (Wildman–Crippen LogP) is 1.19. The summed E-state index contributed by atoms with van der Waals surface area (Å²) in [7, 11) is 0. The molecule has 1 saturated heterocycles. The number of anilines is 1. The average Bonchev–Trinajstić information content (AvgIpc) is 2.39.